The van der Waals surface area contributed by atoms with E-state index >= 15 is 0 Å². The van der Waals surface area contributed by atoms with E-state index < -0.39 is 22.3 Å². The first-order valence-corrected chi connectivity index (χ1v) is 6.36. The fourth-order valence-corrected chi connectivity index (χ4v) is 2.15. The maximum atomic E-state index is 12.2. The highest BCUT2D eigenvalue weighted by molar-refractivity contribution is 5.98. The number of nitrogens with one attached hydrogen (secondary N) is 1. The van der Waals surface area contributed by atoms with Crippen LogP contribution in [0.4, 0.5) is 5.69 Å². The predicted molar refractivity (Wildman–Crippen MR) is 72.9 cm³/mol. The molecule has 2 rings (SSSR count). The number of nitro groups is 1. The lowest BCUT2D eigenvalue weighted by atomic mass is 9.98. The van der Waals surface area contributed by atoms with Crippen LogP contribution < -0.4 is 10.1 Å². The summed E-state index contributed by atoms with van der Waals surface area (Å²) in [5.41, 5.74) is -1.91. The number of carboxylic acid groups (broad SMARTS) is 1. The van der Waals surface area contributed by atoms with Gasteiger partial charge in [0.05, 0.1) is 18.6 Å². The number of amides is 1. The Balaban J connectivity index is 2.28. The molecule has 1 heterocycles. The summed E-state index contributed by atoms with van der Waals surface area (Å²) in [5.74, 6) is -1.92. The third-order valence-electron chi connectivity index (χ3n) is 3.42. The molecule has 1 unspecified atom stereocenters. The van der Waals surface area contributed by atoms with Crippen LogP contribution in [0.15, 0.2) is 18.2 Å². The van der Waals surface area contributed by atoms with Crippen LogP contribution in [-0.4, -0.2) is 47.8 Å². The second-order valence-electron chi connectivity index (χ2n) is 4.79. The molecule has 1 aromatic rings. The van der Waals surface area contributed by atoms with Crippen molar-refractivity contribution < 1.29 is 29.1 Å². The van der Waals surface area contributed by atoms with Crippen LogP contribution in [0.2, 0.25) is 0 Å². The van der Waals surface area contributed by atoms with Crippen molar-refractivity contribution in [3.8, 4) is 5.75 Å². The first kappa shape index (κ1) is 15.7. The third-order valence-corrected chi connectivity index (χ3v) is 3.42. The Bertz CT molecular complexity index is 623. The molecule has 0 radical (unpaired) electrons. The fraction of sp³-hybridized carbons (Fsp3) is 0.385. The van der Waals surface area contributed by atoms with Crippen LogP contribution in [0.1, 0.15) is 16.8 Å². The van der Waals surface area contributed by atoms with Crippen LogP contribution in [-0.2, 0) is 9.53 Å². The normalized spacial score (nSPS) is 20.4. The van der Waals surface area contributed by atoms with E-state index in [4.69, 9.17) is 9.47 Å². The van der Waals surface area contributed by atoms with Crippen molar-refractivity contribution in [2.45, 2.75) is 12.0 Å². The van der Waals surface area contributed by atoms with E-state index in [1.807, 2.05) is 0 Å². The molecule has 1 saturated heterocycles. The minimum absolute atomic E-state index is 0.0127. The molecule has 22 heavy (non-hydrogen) atoms. The summed E-state index contributed by atoms with van der Waals surface area (Å²) in [5, 5.41) is 22.6. The largest absolute Gasteiger partial charge is 0.490 e. The number of carbonyl (C=O) groups excluding carboxylic acids is 1. The van der Waals surface area contributed by atoms with Gasteiger partial charge in [0.2, 0.25) is 0 Å². The third kappa shape index (κ3) is 2.84. The van der Waals surface area contributed by atoms with Gasteiger partial charge in [-0.15, -0.1) is 0 Å². The van der Waals surface area contributed by atoms with Gasteiger partial charge in [0, 0.05) is 24.7 Å². The number of methoxy groups -OCH3 is 1. The lowest BCUT2D eigenvalue weighted by molar-refractivity contribution is -0.385. The van der Waals surface area contributed by atoms with E-state index in [0.29, 0.717) is 0 Å². The van der Waals surface area contributed by atoms with Gasteiger partial charge >= 0.3 is 11.7 Å². The molecular weight excluding hydrogens is 296 g/mol. The SMILES string of the molecule is COc1ccc(C(=O)NC2(C(=O)O)CCOC2)cc1[N+](=O)[O-]. The van der Waals surface area contributed by atoms with Crippen molar-refractivity contribution in [3.05, 3.63) is 33.9 Å². The van der Waals surface area contributed by atoms with Gasteiger partial charge < -0.3 is 19.9 Å². The molecule has 0 aliphatic carbocycles. The molecule has 9 heteroatoms. The number of aliphatic carboxylic acids is 1. The molecule has 1 aromatic carbocycles. The summed E-state index contributed by atoms with van der Waals surface area (Å²) in [4.78, 5) is 33.8. The van der Waals surface area contributed by atoms with Gasteiger partial charge in [-0.25, -0.2) is 4.79 Å². The molecule has 0 spiro atoms. The summed E-state index contributed by atoms with van der Waals surface area (Å²) in [6.45, 7) is 0.0711. The van der Waals surface area contributed by atoms with Gasteiger partial charge in [-0.05, 0) is 12.1 Å². The topological polar surface area (TPSA) is 128 Å². The maximum Gasteiger partial charge on any atom is 0.331 e. The van der Waals surface area contributed by atoms with E-state index in [-0.39, 0.29) is 36.6 Å². The van der Waals surface area contributed by atoms with E-state index in [9.17, 15) is 24.8 Å². The van der Waals surface area contributed by atoms with Crippen molar-refractivity contribution in [1.29, 1.82) is 0 Å². The Morgan fingerprint density at radius 1 is 1.50 bits per heavy atom. The average Bonchev–Trinajstić information content (AvgIpc) is 2.96. The number of carbonyl (C=O) groups is 2. The van der Waals surface area contributed by atoms with Gasteiger partial charge in [-0.3, -0.25) is 14.9 Å². The second-order valence-corrected chi connectivity index (χ2v) is 4.79. The van der Waals surface area contributed by atoms with Gasteiger partial charge in [0.1, 0.15) is 0 Å². The summed E-state index contributed by atoms with van der Waals surface area (Å²) in [7, 11) is 1.28. The molecule has 9 nitrogen and oxygen atoms in total. The quantitative estimate of drug-likeness (QED) is 0.601. The Kier molecular flexibility index (Phi) is 4.27. The van der Waals surface area contributed by atoms with Crippen molar-refractivity contribution >= 4 is 17.6 Å². The smallest absolute Gasteiger partial charge is 0.331 e. The van der Waals surface area contributed by atoms with Gasteiger partial charge in [0.15, 0.2) is 11.3 Å². The number of nitrogens with zero attached hydrogens (tertiary/aromatic N) is 1. The number of nitro benzene ring substituents is 1. The molecule has 1 fully saturated rings. The molecule has 0 saturated carbocycles. The van der Waals surface area contributed by atoms with Crippen molar-refractivity contribution in [2.24, 2.45) is 0 Å². The molecule has 1 aliphatic rings. The van der Waals surface area contributed by atoms with Crippen molar-refractivity contribution in [3.63, 3.8) is 0 Å². The van der Waals surface area contributed by atoms with Crippen LogP contribution in [0, 0.1) is 10.1 Å². The number of rotatable bonds is 5. The zero-order chi connectivity index (χ0) is 16.3. The van der Waals surface area contributed by atoms with Crippen LogP contribution in [0.25, 0.3) is 0 Å². The zero-order valence-corrected chi connectivity index (χ0v) is 11.7. The average molecular weight is 310 g/mol. The summed E-state index contributed by atoms with van der Waals surface area (Å²) in [6.07, 6.45) is 0.131. The van der Waals surface area contributed by atoms with Crippen LogP contribution in [0.5, 0.6) is 5.75 Å². The van der Waals surface area contributed by atoms with Crippen molar-refractivity contribution in [2.75, 3.05) is 20.3 Å². The highest BCUT2D eigenvalue weighted by atomic mass is 16.6. The molecule has 1 atom stereocenters. The van der Waals surface area contributed by atoms with Crippen LogP contribution in [0.3, 0.4) is 0 Å². The number of hydrogen-bond acceptors (Lipinski definition) is 6. The summed E-state index contributed by atoms with van der Waals surface area (Å²) >= 11 is 0. The van der Waals surface area contributed by atoms with E-state index in [1.54, 1.807) is 0 Å². The number of ether oxygens (including phenoxy) is 2. The minimum Gasteiger partial charge on any atom is -0.490 e. The molecule has 1 amide bonds. The highest BCUT2D eigenvalue weighted by Gasteiger charge is 2.44. The molecular formula is C13H14N2O7. The molecule has 0 bridgehead atoms. The Morgan fingerprint density at radius 3 is 2.73 bits per heavy atom. The monoisotopic (exact) mass is 310 g/mol. The Hall–Kier alpha value is -2.68. The fourth-order valence-electron chi connectivity index (χ4n) is 2.15. The van der Waals surface area contributed by atoms with Gasteiger partial charge in [-0.2, -0.15) is 0 Å². The zero-order valence-electron chi connectivity index (χ0n) is 11.7. The first-order chi connectivity index (χ1) is 10.4. The van der Waals surface area contributed by atoms with Gasteiger partial charge in [-0.1, -0.05) is 0 Å². The molecule has 2 N–H and O–H groups in total. The van der Waals surface area contributed by atoms with E-state index in [2.05, 4.69) is 5.32 Å². The number of benzene rings is 1. The number of hydrogen-bond donors (Lipinski definition) is 2. The molecule has 118 valence electrons. The highest BCUT2D eigenvalue weighted by Crippen LogP contribution is 2.28. The van der Waals surface area contributed by atoms with Crippen molar-refractivity contribution in [1.82, 2.24) is 5.32 Å². The van der Waals surface area contributed by atoms with E-state index in [0.717, 1.165) is 6.07 Å². The predicted octanol–water partition coefficient (Wildman–Crippen LogP) is 0.577. The molecule has 0 aromatic heterocycles. The summed E-state index contributed by atoms with van der Waals surface area (Å²) < 4.78 is 9.88. The van der Waals surface area contributed by atoms with Crippen LogP contribution >= 0.6 is 0 Å². The maximum absolute atomic E-state index is 12.2. The standard InChI is InChI=1S/C13H14N2O7/c1-21-10-3-2-8(6-9(10)15(19)20)11(16)14-13(12(17)18)4-5-22-7-13/h2-3,6H,4-5,7H2,1H3,(H,14,16)(H,17,18). The van der Waals surface area contributed by atoms with Gasteiger partial charge in [0.25, 0.3) is 5.91 Å². The Labute approximate surface area is 125 Å². The van der Waals surface area contributed by atoms with E-state index in [1.165, 1.54) is 19.2 Å². The minimum atomic E-state index is -1.51. The first-order valence-electron chi connectivity index (χ1n) is 6.36. The Morgan fingerprint density at radius 2 is 2.23 bits per heavy atom. The lowest BCUT2D eigenvalue weighted by Crippen LogP contribution is -2.55. The molecule has 1 aliphatic heterocycles. The number of carboxylic acids is 1. The summed E-state index contributed by atoms with van der Waals surface area (Å²) in [6, 6.07) is 3.65. The lowest BCUT2D eigenvalue weighted by Gasteiger charge is -2.23. The second kappa shape index (κ2) is 5.98.